The van der Waals surface area contributed by atoms with Crippen LogP contribution in [0.5, 0.6) is 0 Å². The molecule has 6 heteroatoms. The van der Waals surface area contributed by atoms with E-state index in [9.17, 15) is 14.9 Å². The molecule has 0 unspecified atom stereocenters. The zero-order valence-corrected chi connectivity index (χ0v) is 12.3. The smallest absolute Gasteiger partial charge is 0.270 e. The lowest BCUT2D eigenvalue weighted by atomic mass is 10.1. The molecule has 1 N–H and O–H groups in total. The molecule has 0 saturated heterocycles. The van der Waals surface area contributed by atoms with Crippen molar-refractivity contribution in [2.24, 2.45) is 0 Å². The van der Waals surface area contributed by atoms with Crippen molar-refractivity contribution in [3.63, 3.8) is 0 Å². The molecule has 0 radical (unpaired) electrons. The number of carbonyl (C=O) groups excluding carboxylic acids is 1. The molecular weight excluding hydrogens is 294 g/mol. The van der Waals surface area contributed by atoms with Crippen LogP contribution in [0.1, 0.15) is 16.1 Å². The standard InChI is InChI=1S/C17H13N3O3/c1-11-8-9-14-15(18-11)6-3-7-16(14)19-17(21)12-4-2-5-13(10-12)20(22)23/h2-10H,1H3,(H,19,21). The van der Waals surface area contributed by atoms with Gasteiger partial charge in [0.15, 0.2) is 0 Å². The van der Waals surface area contributed by atoms with Gasteiger partial charge in [0.25, 0.3) is 11.6 Å². The Balaban J connectivity index is 1.94. The zero-order chi connectivity index (χ0) is 16.4. The Bertz CT molecular complexity index is 922. The minimum Gasteiger partial charge on any atom is -0.321 e. The van der Waals surface area contributed by atoms with Crippen LogP contribution in [0.15, 0.2) is 54.6 Å². The van der Waals surface area contributed by atoms with Crippen LogP contribution in [-0.2, 0) is 0 Å². The summed E-state index contributed by atoms with van der Waals surface area (Å²) in [7, 11) is 0. The summed E-state index contributed by atoms with van der Waals surface area (Å²) in [5.41, 5.74) is 2.40. The SMILES string of the molecule is Cc1ccc2c(NC(=O)c3cccc([N+](=O)[O-])c3)cccc2n1. The normalized spacial score (nSPS) is 10.5. The molecule has 0 atom stereocenters. The van der Waals surface area contributed by atoms with E-state index in [1.54, 1.807) is 12.1 Å². The third-order valence-electron chi connectivity index (χ3n) is 3.44. The lowest BCUT2D eigenvalue weighted by Gasteiger charge is -2.09. The molecule has 1 aromatic heterocycles. The number of fused-ring (bicyclic) bond motifs is 1. The summed E-state index contributed by atoms with van der Waals surface area (Å²) < 4.78 is 0. The van der Waals surface area contributed by atoms with Crippen molar-refractivity contribution in [1.29, 1.82) is 0 Å². The largest absolute Gasteiger partial charge is 0.321 e. The van der Waals surface area contributed by atoms with Crippen LogP contribution >= 0.6 is 0 Å². The maximum absolute atomic E-state index is 12.3. The Kier molecular flexibility index (Phi) is 3.72. The first kappa shape index (κ1) is 14.6. The van der Waals surface area contributed by atoms with Gasteiger partial charge in [-0.3, -0.25) is 19.9 Å². The van der Waals surface area contributed by atoms with Gasteiger partial charge in [-0.25, -0.2) is 0 Å². The number of rotatable bonds is 3. The second-order valence-corrected chi connectivity index (χ2v) is 5.09. The highest BCUT2D eigenvalue weighted by molar-refractivity contribution is 6.08. The van der Waals surface area contributed by atoms with Gasteiger partial charge < -0.3 is 5.32 Å². The molecule has 0 bridgehead atoms. The van der Waals surface area contributed by atoms with Gasteiger partial charge >= 0.3 is 0 Å². The molecule has 0 aliphatic carbocycles. The highest BCUT2D eigenvalue weighted by Crippen LogP contribution is 2.23. The van der Waals surface area contributed by atoms with Crippen molar-refractivity contribution in [3.8, 4) is 0 Å². The second-order valence-electron chi connectivity index (χ2n) is 5.09. The predicted octanol–water partition coefficient (Wildman–Crippen LogP) is 3.70. The first-order valence-corrected chi connectivity index (χ1v) is 6.97. The van der Waals surface area contributed by atoms with Gasteiger partial charge in [-0.1, -0.05) is 12.1 Å². The third-order valence-corrected chi connectivity index (χ3v) is 3.44. The summed E-state index contributed by atoms with van der Waals surface area (Å²) in [6, 6.07) is 14.8. The first-order chi connectivity index (χ1) is 11.0. The molecular formula is C17H13N3O3. The zero-order valence-electron chi connectivity index (χ0n) is 12.3. The second kappa shape index (κ2) is 5.84. The summed E-state index contributed by atoms with van der Waals surface area (Å²) in [4.78, 5) is 27.0. The molecule has 0 aliphatic heterocycles. The summed E-state index contributed by atoms with van der Waals surface area (Å²) in [6.07, 6.45) is 0. The number of aryl methyl sites for hydroxylation is 1. The van der Waals surface area contributed by atoms with E-state index in [-0.39, 0.29) is 11.3 Å². The Morgan fingerprint density at radius 3 is 2.70 bits per heavy atom. The third kappa shape index (κ3) is 3.01. The summed E-state index contributed by atoms with van der Waals surface area (Å²) in [5, 5.41) is 14.4. The highest BCUT2D eigenvalue weighted by atomic mass is 16.6. The number of carbonyl (C=O) groups is 1. The lowest BCUT2D eigenvalue weighted by molar-refractivity contribution is -0.384. The van der Waals surface area contributed by atoms with Crippen LogP contribution in [0.25, 0.3) is 10.9 Å². The highest BCUT2D eigenvalue weighted by Gasteiger charge is 2.13. The summed E-state index contributed by atoms with van der Waals surface area (Å²) >= 11 is 0. The fraction of sp³-hybridized carbons (Fsp3) is 0.0588. The fourth-order valence-corrected chi connectivity index (χ4v) is 2.32. The van der Waals surface area contributed by atoms with Gasteiger partial charge in [0.1, 0.15) is 0 Å². The number of amides is 1. The number of hydrogen-bond acceptors (Lipinski definition) is 4. The van der Waals surface area contributed by atoms with Crippen molar-refractivity contribution < 1.29 is 9.72 Å². The number of anilines is 1. The monoisotopic (exact) mass is 307 g/mol. The van der Waals surface area contributed by atoms with Crippen LogP contribution in [0.4, 0.5) is 11.4 Å². The molecule has 0 saturated carbocycles. The molecule has 1 heterocycles. The van der Waals surface area contributed by atoms with E-state index >= 15 is 0 Å². The number of nitrogens with one attached hydrogen (secondary N) is 1. The predicted molar refractivity (Wildman–Crippen MR) is 87.5 cm³/mol. The van der Waals surface area contributed by atoms with Crippen LogP contribution in [0, 0.1) is 17.0 Å². The van der Waals surface area contributed by atoms with Gasteiger partial charge in [0.2, 0.25) is 0 Å². The van der Waals surface area contributed by atoms with E-state index in [1.807, 2.05) is 25.1 Å². The number of nitro groups is 1. The number of aromatic nitrogens is 1. The Hall–Kier alpha value is -3.28. The Labute approximate surface area is 131 Å². The van der Waals surface area contributed by atoms with E-state index in [2.05, 4.69) is 10.3 Å². The molecule has 6 nitrogen and oxygen atoms in total. The molecule has 3 aromatic rings. The quantitative estimate of drug-likeness (QED) is 0.590. The Morgan fingerprint density at radius 1 is 1.13 bits per heavy atom. The number of benzene rings is 2. The lowest BCUT2D eigenvalue weighted by Crippen LogP contribution is -2.12. The first-order valence-electron chi connectivity index (χ1n) is 6.97. The molecule has 0 spiro atoms. The maximum Gasteiger partial charge on any atom is 0.270 e. The number of nitro benzene ring substituents is 1. The van der Waals surface area contributed by atoms with Gasteiger partial charge in [-0.2, -0.15) is 0 Å². The number of nitrogens with zero attached hydrogens (tertiary/aromatic N) is 2. The van der Waals surface area contributed by atoms with E-state index in [0.29, 0.717) is 5.69 Å². The number of pyridine rings is 1. The molecule has 23 heavy (non-hydrogen) atoms. The molecule has 3 rings (SSSR count). The van der Waals surface area contributed by atoms with Gasteiger partial charge in [0.05, 0.1) is 16.1 Å². The molecule has 114 valence electrons. The average molecular weight is 307 g/mol. The van der Waals surface area contributed by atoms with Crippen LogP contribution in [0.2, 0.25) is 0 Å². The van der Waals surface area contributed by atoms with Crippen molar-refractivity contribution in [3.05, 3.63) is 76.0 Å². The van der Waals surface area contributed by atoms with Crippen LogP contribution in [-0.4, -0.2) is 15.8 Å². The minimum absolute atomic E-state index is 0.118. The molecule has 2 aromatic carbocycles. The van der Waals surface area contributed by atoms with E-state index in [1.165, 1.54) is 24.3 Å². The maximum atomic E-state index is 12.3. The van der Waals surface area contributed by atoms with Crippen LogP contribution in [0.3, 0.4) is 0 Å². The van der Waals surface area contributed by atoms with Crippen molar-refractivity contribution in [2.75, 3.05) is 5.32 Å². The number of hydrogen-bond donors (Lipinski definition) is 1. The number of non-ortho nitro benzene ring substituents is 1. The van der Waals surface area contributed by atoms with E-state index in [0.717, 1.165) is 16.6 Å². The summed E-state index contributed by atoms with van der Waals surface area (Å²) in [5.74, 6) is -0.401. The van der Waals surface area contributed by atoms with Crippen molar-refractivity contribution in [1.82, 2.24) is 4.98 Å². The summed E-state index contributed by atoms with van der Waals surface area (Å²) in [6.45, 7) is 1.90. The Morgan fingerprint density at radius 2 is 1.91 bits per heavy atom. The molecule has 0 aliphatic rings. The van der Waals surface area contributed by atoms with Gasteiger partial charge in [0, 0.05) is 28.8 Å². The van der Waals surface area contributed by atoms with Crippen molar-refractivity contribution in [2.45, 2.75) is 6.92 Å². The van der Waals surface area contributed by atoms with Gasteiger partial charge in [-0.15, -0.1) is 0 Å². The average Bonchev–Trinajstić information content (AvgIpc) is 2.54. The topological polar surface area (TPSA) is 85.1 Å². The molecule has 0 fully saturated rings. The van der Waals surface area contributed by atoms with Crippen molar-refractivity contribution >= 4 is 28.2 Å². The molecule has 1 amide bonds. The van der Waals surface area contributed by atoms with Crippen LogP contribution < -0.4 is 5.32 Å². The minimum atomic E-state index is -0.526. The van der Waals surface area contributed by atoms with Gasteiger partial charge in [-0.05, 0) is 37.3 Å². The van der Waals surface area contributed by atoms with E-state index < -0.39 is 10.8 Å². The van der Waals surface area contributed by atoms with E-state index in [4.69, 9.17) is 0 Å². The fourth-order valence-electron chi connectivity index (χ4n) is 2.32.